The molecule has 4 nitrogen and oxygen atoms in total. The molecule has 1 fully saturated rings. The molecule has 0 radical (unpaired) electrons. The topological polar surface area (TPSA) is 47.6 Å². The first kappa shape index (κ1) is 46.6. The molecule has 47 heavy (non-hydrogen) atoms. The van der Waals surface area contributed by atoms with Crippen LogP contribution in [0.4, 0.5) is 4.79 Å². The van der Waals surface area contributed by atoms with Crippen molar-refractivity contribution in [1.29, 1.82) is 0 Å². The van der Waals surface area contributed by atoms with E-state index >= 15 is 0 Å². The summed E-state index contributed by atoms with van der Waals surface area (Å²) in [6.45, 7) is 13.8. The molecule has 278 valence electrons. The van der Waals surface area contributed by atoms with E-state index < -0.39 is 16.8 Å². The molecule has 0 spiro atoms. The number of unbranched alkanes of at least 4 members (excludes halogenated alkanes) is 20. The number of hydrogen-bond acceptors (Lipinski definition) is 6. The van der Waals surface area contributed by atoms with Gasteiger partial charge >= 0.3 is 6.09 Å². The number of ether oxygens (including phenoxy) is 2. The molecule has 1 N–H and O–H groups in total. The highest BCUT2D eigenvalue weighted by molar-refractivity contribution is 8.23. The molecule has 1 rings (SSSR count). The van der Waals surface area contributed by atoms with Crippen molar-refractivity contribution >= 4 is 51.5 Å². The lowest BCUT2D eigenvalue weighted by Crippen LogP contribution is -2.50. The van der Waals surface area contributed by atoms with Gasteiger partial charge in [-0.2, -0.15) is 0 Å². The maximum absolute atomic E-state index is 12.4. The smallest absolute Gasteiger partial charge is 0.411 e. The van der Waals surface area contributed by atoms with Crippen LogP contribution in [0.15, 0.2) is 0 Å². The third-order valence-corrected chi connectivity index (χ3v) is 10.3. The number of rotatable bonds is 28. The fourth-order valence-corrected chi connectivity index (χ4v) is 7.30. The molecule has 1 aliphatic carbocycles. The lowest BCUT2D eigenvalue weighted by atomic mass is 10.0. The predicted molar refractivity (Wildman–Crippen MR) is 217 cm³/mol. The van der Waals surface area contributed by atoms with Gasteiger partial charge in [-0.3, -0.25) is 5.32 Å². The summed E-state index contributed by atoms with van der Waals surface area (Å²) < 4.78 is 12.2. The summed E-state index contributed by atoms with van der Waals surface area (Å²) in [5.41, 5.74) is -0.587. The Bertz CT molecular complexity index is 781. The summed E-state index contributed by atoms with van der Waals surface area (Å²) in [4.78, 5) is 12.4. The van der Waals surface area contributed by atoms with Gasteiger partial charge in [-0.25, -0.2) is 4.79 Å². The molecule has 0 saturated heterocycles. The minimum absolute atomic E-state index is 0.514. The van der Waals surface area contributed by atoms with E-state index in [2.05, 4.69) is 19.2 Å². The summed E-state index contributed by atoms with van der Waals surface area (Å²) in [7, 11) is 0. The monoisotopic (exact) mass is 716 g/mol. The summed E-state index contributed by atoms with van der Waals surface area (Å²) in [6, 6.07) is 0. The highest BCUT2D eigenvalue weighted by Gasteiger charge is 2.36. The van der Waals surface area contributed by atoms with Gasteiger partial charge < -0.3 is 9.47 Å². The van der Waals surface area contributed by atoms with Crippen LogP contribution in [0.2, 0.25) is 0 Å². The third-order valence-electron chi connectivity index (χ3n) is 8.64. The average Bonchev–Trinajstić information content (AvgIpc) is 3.82. The molecule has 0 bridgehead atoms. The number of hydrogen-bond donors (Lipinski definition) is 1. The molecule has 0 aromatic rings. The van der Waals surface area contributed by atoms with Gasteiger partial charge in [0.15, 0.2) is 5.05 Å². The number of thiocarbonyl (C=S) groups is 2. The van der Waals surface area contributed by atoms with Crippen molar-refractivity contribution in [3.8, 4) is 0 Å². The second kappa shape index (κ2) is 30.4. The molecule has 1 amide bonds. The lowest BCUT2D eigenvalue weighted by molar-refractivity contribution is 0.0307. The minimum atomic E-state index is -1.03. The fraction of sp³-hybridized carbons (Fsp3) is 0.925. The molecule has 7 heteroatoms. The summed E-state index contributed by atoms with van der Waals surface area (Å²) >= 11 is 12.1. The van der Waals surface area contributed by atoms with Crippen molar-refractivity contribution in [2.45, 2.75) is 232 Å². The first-order valence-electron chi connectivity index (χ1n) is 19.9. The van der Waals surface area contributed by atoms with Crippen molar-refractivity contribution in [2.24, 2.45) is 5.92 Å². The van der Waals surface area contributed by atoms with Gasteiger partial charge in [-0.15, -0.1) is 0 Å². The lowest BCUT2D eigenvalue weighted by Gasteiger charge is -2.34. The van der Waals surface area contributed by atoms with E-state index in [1.165, 1.54) is 159 Å². The van der Waals surface area contributed by atoms with E-state index in [0.717, 1.165) is 18.8 Å². The molecule has 1 saturated carbocycles. The Morgan fingerprint density at radius 3 is 1.43 bits per heavy atom. The van der Waals surface area contributed by atoms with Gasteiger partial charge in [0.2, 0.25) is 5.06 Å². The van der Waals surface area contributed by atoms with Gasteiger partial charge in [-0.1, -0.05) is 187 Å². The molecular weight excluding hydrogens is 639 g/mol. The Morgan fingerprint density at radius 1 is 0.660 bits per heavy atom. The van der Waals surface area contributed by atoms with Gasteiger partial charge in [0.1, 0.15) is 5.60 Å². The molecular formula is C40H77NO3S3. The zero-order valence-corrected chi connectivity index (χ0v) is 34.6. The van der Waals surface area contributed by atoms with Crippen LogP contribution in [0.3, 0.4) is 0 Å². The van der Waals surface area contributed by atoms with Crippen molar-refractivity contribution < 1.29 is 14.3 Å². The second-order valence-electron chi connectivity index (χ2n) is 14.9. The standard InChI is InChI=1S/C26H49NO3S3.C14H28/c1-7-9-10-11-12-13-14-15-16-17-18-19-20-21-23(32)29-26(8-2,33-22(3)31)27-24(28)30-25(4,5)6;1-2-3-4-5-6-7-8-9-10-11-14-12-13-14/h7-21H2,1-6H3,(H,27,28);14H,2-13H2,1H3. The number of amides is 1. The molecule has 0 aromatic carbocycles. The predicted octanol–water partition coefficient (Wildman–Crippen LogP) is 14.8. The quantitative estimate of drug-likeness (QED) is 0.0494. The second-order valence-corrected chi connectivity index (χ2v) is 17.7. The average molecular weight is 716 g/mol. The van der Waals surface area contributed by atoms with E-state index in [1.807, 2.05) is 34.6 Å². The van der Waals surface area contributed by atoms with E-state index in [4.69, 9.17) is 33.9 Å². The van der Waals surface area contributed by atoms with E-state index in [9.17, 15) is 4.79 Å². The summed E-state index contributed by atoms with van der Waals surface area (Å²) in [5.74, 6) is 1.15. The number of carbonyl (C=O) groups excluding carboxylic acids is 1. The fourth-order valence-electron chi connectivity index (χ4n) is 5.67. The summed E-state index contributed by atoms with van der Waals surface area (Å²) in [5, 5.41) is 2.34. The van der Waals surface area contributed by atoms with Crippen LogP contribution >= 0.6 is 36.2 Å². The maximum atomic E-state index is 12.4. The van der Waals surface area contributed by atoms with Crippen molar-refractivity contribution in [2.75, 3.05) is 0 Å². The summed E-state index contributed by atoms with van der Waals surface area (Å²) in [6.07, 6.45) is 35.7. The largest absolute Gasteiger partial charge is 0.452 e. The van der Waals surface area contributed by atoms with Crippen molar-refractivity contribution in [3.05, 3.63) is 0 Å². The van der Waals surface area contributed by atoms with Crippen molar-refractivity contribution in [1.82, 2.24) is 5.32 Å². The van der Waals surface area contributed by atoms with E-state index in [0.29, 0.717) is 22.1 Å². The Morgan fingerprint density at radius 2 is 1.06 bits per heavy atom. The van der Waals surface area contributed by atoms with Crippen LogP contribution in [0.25, 0.3) is 0 Å². The third kappa shape index (κ3) is 32.6. The van der Waals surface area contributed by atoms with Crippen molar-refractivity contribution in [3.63, 3.8) is 0 Å². The van der Waals surface area contributed by atoms with Gasteiger partial charge in [0.25, 0.3) is 0 Å². The number of thioether (sulfide) groups is 1. The normalized spacial score (nSPS) is 14.1. The molecule has 1 aliphatic rings. The molecule has 0 aliphatic heterocycles. The molecule has 1 unspecified atom stereocenters. The number of nitrogens with one attached hydrogen (secondary N) is 1. The molecule has 0 aromatic heterocycles. The van der Waals surface area contributed by atoms with Gasteiger partial charge in [0, 0.05) is 12.8 Å². The Labute approximate surface area is 308 Å². The Hall–Kier alpha value is -0.400. The van der Waals surface area contributed by atoms with E-state index in [1.54, 1.807) is 0 Å². The van der Waals surface area contributed by atoms with Crippen LogP contribution < -0.4 is 5.32 Å². The van der Waals surface area contributed by atoms with Crippen LogP contribution in [0, 0.1) is 5.92 Å². The first-order chi connectivity index (χ1) is 22.5. The first-order valence-corrected chi connectivity index (χ1v) is 21.5. The highest BCUT2D eigenvalue weighted by Crippen LogP contribution is 2.34. The SMILES string of the molecule is CCCCCCCCCCCC1CC1.CCCCCCCCCCCCCCCC(=S)OC(CC)(NC(=O)OC(C)(C)C)SC(C)=S. The number of alkyl carbamates (subject to hydrolysis) is 1. The van der Waals surface area contributed by atoms with Crippen LogP contribution in [-0.4, -0.2) is 26.0 Å². The molecule has 1 atom stereocenters. The van der Waals surface area contributed by atoms with E-state index in [-0.39, 0.29) is 0 Å². The minimum Gasteiger partial charge on any atom is -0.452 e. The zero-order chi connectivity index (χ0) is 35.2. The van der Waals surface area contributed by atoms with Crippen LogP contribution in [0.5, 0.6) is 0 Å². The number of carbonyl (C=O) groups is 1. The molecule has 0 heterocycles. The Balaban J connectivity index is 0.00000125. The van der Waals surface area contributed by atoms with Crippen LogP contribution in [0.1, 0.15) is 222 Å². The van der Waals surface area contributed by atoms with Gasteiger partial charge in [-0.05, 0) is 64.0 Å². The Kier molecular flexibility index (Phi) is 30.2. The highest BCUT2D eigenvalue weighted by atomic mass is 32.2. The van der Waals surface area contributed by atoms with Gasteiger partial charge in [0.05, 0.1) is 4.20 Å². The zero-order valence-electron chi connectivity index (χ0n) is 32.1. The van der Waals surface area contributed by atoms with Crippen LogP contribution in [-0.2, 0) is 9.47 Å². The maximum Gasteiger partial charge on any atom is 0.411 e.